The van der Waals surface area contributed by atoms with Gasteiger partial charge in [0.05, 0.1) is 35.1 Å². The van der Waals surface area contributed by atoms with Crippen molar-refractivity contribution in [2.75, 3.05) is 33.1 Å². The van der Waals surface area contributed by atoms with E-state index in [0.29, 0.717) is 10.1 Å². The van der Waals surface area contributed by atoms with Crippen LogP contribution >= 0.6 is 0 Å². The summed E-state index contributed by atoms with van der Waals surface area (Å²) in [4.78, 5) is 0. The fourth-order valence-electron chi connectivity index (χ4n) is 1.54. The van der Waals surface area contributed by atoms with E-state index in [2.05, 4.69) is 0 Å². The van der Waals surface area contributed by atoms with Crippen LogP contribution in [0.2, 0.25) is 0 Å². The van der Waals surface area contributed by atoms with Crippen molar-refractivity contribution in [1.82, 2.24) is 0 Å². The molecule has 0 saturated heterocycles. The van der Waals surface area contributed by atoms with Crippen LogP contribution in [-0.4, -0.2) is 10.4 Å². The summed E-state index contributed by atoms with van der Waals surface area (Å²) in [5.41, 5.74) is 23.0. The van der Waals surface area contributed by atoms with Gasteiger partial charge in [0, 0.05) is 0 Å². The highest BCUT2D eigenvalue weighted by atomic mass is 16.5. The number of hydroxylamine groups is 2. The molecule has 0 saturated carbocycles. The minimum atomic E-state index is 0.0487. The molecule has 16 heavy (non-hydrogen) atoms. The first kappa shape index (κ1) is 10.2. The summed E-state index contributed by atoms with van der Waals surface area (Å²) in [5, 5.41) is 20.6. The Kier molecular flexibility index (Phi) is 1.97. The van der Waals surface area contributed by atoms with Crippen LogP contribution in [0.5, 0.6) is 0 Å². The zero-order valence-corrected chi connectivity index (χ0v) is 8.25. The van der Waals surface area contributed by atoms with E-state index in [9.17, 15) is 10.4 Å². The zero-order valence-electron chi connectivity index (χ0n) is 8.25. The first-order chi connectivity index (χ1) is 7.45. The van der Waals surface area contributed by atoms with Crippen LogP contribution in [0.1, 0.15) is 0 Å². The molecular weight excluding hydrogens is 212 g/mol. The van der Waals surface area contributed by atoms with Gasteiger partial charge in [0.2, 0.25) is 0 Å². The molecule has 10 N–H and O–H groups in total. The largest absolute Gasteiger partial charge is 0.395 e. The van der Waals surface area contributed by atoms with Crippen molar-refractivity contribution in [3.8, 4) is 0 Å². The van der Waals surface area contributed by atoms with Crippen molar-refractivity contribution in [2.45, 2.75) is 0 Å². The van der Waals surface area contributed by atoms with Gasteiger partial charge in [-0.15, -0.1) is 0 Å². The summed E-state index contributed by atoms with van der Waals surface area (Å²) >= 11 is 0. The van der Waals surface area contributed by atoms with Crippen LogP contribution in [0.25, 0.3) is 0 Å². The lowest BCUT2D eigenvalue weighted by Gasteiger charge is -2.29. The number of benzene rings is 1. The van der Waals surface area contributed by atoms with Crippen LogP contribution in [0.15, 0.2) is 12.4 Å². The Balaban J connectivity index is 2.82. The molecule has 0 fully saturated rings. The molecule has 1 aliphatic heterocycles. The molecule has 0 spiro atoms. The van der Waals surface area contributed by atoms with Crippen LogP contribution in [0.3, 0.4) is 0 Å². The summed E-state index contributed by atoms with van der Waals surface area (Å²) < 4.78 is 0. The molecule has 1 aromatic rings. The van der Waals surface area contributed by atoms with Gasteiger partial charge in [-0.3, -0.25) is 10.4 Å². The number of anilines is 6. The molecule has 1 aromatic carbocycles. The molecular formula is C8H12N6O2. The van der Waals surface area contributed by atoms with Gasteiger partial charge in [0.25, 0.3) is 0 Å². The Morgan fingerprint density at radius 2 is 1.00 bits per heavy atom. The van der Waals surface area contributed by atoms with Crippen LogP contribution < -0.4 is 33.1 Å². The molecule has 1 heterocycles. The molecule has 86 valence electrons. The van der Waals surface area contributed by atoms with Crippen molar-refractivity contribution >= 4 is 34.1 Å². The summed E-state index contributed by atoms with van der Waals surface area (Å²) in [5.74, 6) is 0. The fraction of sp³-hybridized carbons (Fsp3) is 0. The number of hydrogen-bond acceptors (Lipinski definition) is 8. The Morgan fingerprint density at radius 1 is 0.688 bits per heavy atom. The summed E-state index contributed by atoms with van der Waals surface area (Å²) in [6, 6.07) is 0. The third-order valence-electron chi connectivity index (χ3n) is 2.41. The van der Waals surface area contributed by atoms with Gasteiger partial charge >= 0.3 is 0 Å². The smallest absolute Gasteiger partial charge is 0.122 e. The van der Waals surface area contributed by atoms with E-state index in [4.69, 9.17) is 22.9 Å². The predicted molar refractivity (Wildman–Crippen MR) is 61.8 cm³/mol. The first-order valence-electron chi connectivity index (χ1n) is 4.35. The molecule has 0 atom stereocenters. The number of fused-ring (bicyclic) bond motifs is 1. The minimum Gasteiger partial charge on any atom is -0.395 e. The number of nitrogen functional groups attached to an aromatic ring is 4. The minimum absolute atomic E-state index is 0.0487. The van der Waals surface area contributed by atoms with Gasteiger partial charge in [0.15, 0.2) is 0 Å². The van der Waals surface area contributed by atoms with Gasteiger partial charge < -0.3 is 22.9 Å². The number of nitrogens with zero attached hydrogens (tertiary/aromatic N) is 2. The average molecular weight is 224 g/mol. The van der Waals surface area contributed by atoms with E-state index in [-0.39, 0.29) is 34.1 Å². The topological polar surface area (TPSA) is 151 Å². The highest BCUT2D eigenvalue weighted by Gasteiger charge is 2.26. The SMILES string of the molecule is Nc1c(N)c(N)c2c(c1N)N(O)C=CN2O. The molecule has 2 rings (SSSR count). The maximum absolute atomic E-state index is 9.58. The van der Waals surface area contributed by atoms with Crippen molar-refractivity contribution in [3.63, 3.8) is 0 Å². The van der Waals surface area contributed by atoms with E-state index in [0.717, 1.165) is 0 Å². The number of nitrogens with two attached hydrogens (primary N) is 4. The van der Waals surface area contributed by atoms with Crippen molar-refractivity contribution in [3.05, 3.63) is 12.4 Å². The van der Waals surface area contributed by atoms with Gasteiger partial charge in [-0.2, -0.15) is 0 Å². The molecule has 8 heteroatoms. The summed E-state index contributed by atoms with van der Waals surface area (Å²) in [6.07, 6.45) is 2.38. The van der Waals surface area contributed by atoms with E-state index < -0.39 is 0 Å². The van der Waals surface area contributed by atoms with Gasteiger partial charge in [-0.1, -0.05) is 0 Å². The first-order valence-corrected chi connectivity index (χ1v) is 4.35. The van der Waals surface area contributed by atoms with Crippen molar-refractivity contribution in [2.24, 2.45) is 0 Å². The van der Waals surface area contributed by atoms with Gasteiger partial charge in [-0.05, 0) is 0 Å². The molecule has 0 aliphatic carbocycles. The number of rotatable bonds is 0. The molecule has 0 bridgehead atoms. The maximum atomic E-state index is 9.58. The molecule has 1 aliphatic rings. The van der Waals surface area contributed by atoms with Crippen LogP contribution in [0, 0.1) is 0 Å². The highest BCUT2D eigenvalue weighted by molar-refractivity contribution is 6.05. The lowest BCUT2D eigenvalue weighted by molar-refractivity contribution is 0.268. The molecule has 8 nitrogen and oxygen atoms in total. The third kappa shape index (κ3) is 1.11. The highest BCUT2D eigenvalue weighted by Crippen LogP contribution is 2.48. The van der Waals surface area contributed by atoms with E-state index in [1.807, 2.05) is 0 Å². The Bertz CT molecular complexity index is 443. The monoisotopic (exact) mass is 224 g/mol. The van der Waals surface area contributed by atoms with Crippen molar-refractivity contribution in [1.29, 1.82) is 0 Å². The maximum Gasteiger partial charge on any atom is 0.122 e. The van der Waals surface area contributed by atoms with Crippen LogP contribution in [0.4, 0.5) is 34.1 Å². The van der Waals surface area contributed by atoms with E-state index >= 15 is 0 Å². The van der Waals surface area contributed by atoms with E-state index in [1.165, 1.54) is 12.4 Å². The summed E-state index contributed by atoms with van der Waals surface area (Å²) in [6.45, 7) is 0. The van der Waals surface area contributed by atoms with E-state index in [1.54, 1.807) is 0 Å². The second-order valence-electron chi connectivity index (χ2n) is 3.34. The van der Waals surface area contributed by atoms with Crippen molar-refractivity contribution < 1.29 is 10.4 Å². The molecule has 0 aromatic heterocycles. The second kappa shape index (κ2) is 3.08. The lowest BCUT2D eigenvalue weighted by Crippen LogP contribution is -2.26. The average Bonchev–Trinajstić information content (AvgIpc) is 2.26. The quantitative estimate of drug-likeness (QED) is 0.334. The third-order valence-corrected chi connectivity index (χ3v) is 2.41. The Morgan fingerprint density at radius 3 is 1.31 bits per heavy atom. The van der Waals surface area contributed by atoms with Crippen LogP contribution in [-0.2, 0) is 0 Å². The van der Waals surface area contributed by atoms with Gasteiger partial charge in [-0.25, -0.2) is 10.1 Å². The second-order valence-corrected chi connectivity index (χ2v) is 3.34. The normalized spacial score (nSPS) is 14.1. The van der Waals surface area contributed by atoms with Gasteiger partial charge in [0.1, 0.15) is 11.4 Å². The standard InChI is InChI=1S/C8H12N6O2/c9-3-4(10)6(12)8-7(5(3)11)13(15)1-2-14(8)16/h1-2,15-16H,9-12H2. The predicted octanol–water partition coefficient (Wildman–Crippen LogP) is -0.109. The Hall–Kier alpha value is -2.32. The zero-order chi connectivity index (χ0) is 12.0. The molecule has 0 amide bonds. The lowest BCUT2D eigenvalue weighted by atomic mass is 10.1. The summed E-state index contributed by atoms with van der Waals surface area (Å²) in [7, 11) is 0. The number of hydrogen-bond donors (Lipinski definition) is 6. The fourth-order valence-corrected chi connectivity index (χ4v) is 1.54. The molecule has 0 radical (unpaired) electrons. The molecule has 0 unspecified atom stereocenters. The Labute approximate surface area is 90.8 Å².